The SMILES string of the molecule is CCCCCCCCCCNCCNC1(C)CC(OC2C(Oc3c4cc5cc3Oc3ccc(cc3Cl)C(O)C(NC(=O)C(CC(C)C)N(C)C(=O)OCc3ccccc3OC(=O)CCC(C=O)P(=O)(O)O)C(=O)NC(CC(N)=O)C(=O)NC5C(=O)NC3C(=O)NC(C(=O)NC(C(=O)O)c5cc(O)c(CNCC=O)c(O)c5-c5cc3ccc5O)C(O)c3ccc(c(Cl)c3)O4)OC(CO)C(O)C2O)OC(C)C1O. The van der Waals surface area contributed by atoms with Crippen LogP contribution in [-0.4, -0.2) is 262 Å². The number of aliphatic carboxylic acids is 1. The van der Waals surface area contributed by atoms with Crippen molar-refractivity contribution < 1.29 is 161 Å². The number of likely N-dealkylation sites (N-methyl/N-ethyl adjacent to an activating group) is 1. The zero-order chi connectivity index (χ0) is 103. The van der Waals surface area contributed by atoms with Crippen LogP contribution in [-0.2, 0) is 89.4 Å². The van der Waals surface area contributed by atoms with Crippen LogP contribution in [0.5, 0.6) is 51.7 Å². The molecule has 6 aromatic carbocycles. The number of carbonyl (C=O) groups excluding carboxylic acids is 11. The Morgan fingerprint density at radius 1 is 0.709 bits per heavy atom. The van der Waals surface area contributed by atoms with E-state index < -0.39 is 316 Å². The summed E-state index contributed by atoms with van der Waals surface area (Å²) in [5, 5.41) is 142. The molecule has 44 nitrogen and oxygen atoms in total. The number of halogens is 2. The van der Waals surface area contributed by atoms with Crippen LogP contribution >= 0.6 is 30.8 Å². The van der Waals surface area contributed by atoms with Crippen molar-refractivity contribution in [1.82, 2.24) is 52.8 Å². The second-order valence-electron chi connectivity index (χ2n) is 35.6. The number of carbonyl (C=O) groups is 12. The van der Waals surface area contributed by atoms with Gasteiger partial charge in [-0.25, -0.2) is 9.59 Å². The summed E-state index contributed by atoms with van der Waals surface area (Å²) in [5.41, 5.74) is -1.12. The standard InChI is InChI=1S/C94H118Cl2N11O33P/c1-7-8-9-10-11-12-13-16-27-98-28-29-100-94(5)40-70(134-46(4)84(94)120)139-83-81(119)80(118)67(43-110)138-92(83)140-82-65-36-51-37-66(82)136-64-25-21-49(35-57(64)96)78(116)76-90(126)104-74(91(127)128)54-38-61(112)55(41-99-30-31-108)79(117)71(54)53-33-47(19-23-60(53)111)72(87(123)106-76)103-88(124)73(51)102-85(121)58(39-68(97)113)101-89(125)75(77(115)48-20-24-63(135-65)56(95)34-48)105-86(122)59(32-45(2)3)107(6)93(129)133-44-50-17-14-15-18-62(50)137-69(114)26-22-52(42-109)141(130,131)132/h14-15,17-21,23-25,31,33-38,42,45-46,52,58-59,67,70,72-78,80-81,83-84,92,98-100,110-112,115-120H,7-13,16,22,26-30,32,39-41,43-44H2,1-6H3,(H2,97,113)(H,101,125)(H,102,121)(H,103,124)(H,104,126)(H,105,122)(H,106,123)(H,127,128)(H2,130,131,132). The molecule has 8 amide bonds. The third-order valence-electron chi connectivity index (χ3n) is 24.7. The average molecular weight is 2030 g/mol. The number of para-hydroxylation sites is 1. The van der Waals surface area contributed by atoms with Crippen molar-refractivity contribution in [2.24, 2.45) is 11.7 Å². The van der Waals surface area contributed by atoms with Gasteiger partial charge >= 0.3 is 25.6 Å². The highest BCUT2D eigenvalue weighted by atomic mass is 35.5. The lowest BCUT2D eigenvalue weighted by Gasteiger charge is -2.48. The number of nitrogens with zero attached hydrogens (tertiary/aromatic N) is 1. The van der Waals surface area contributed by atoms with Crippen LogP contribution in [0.2, 0.25) is 10.0 Å². The van der Waals surface area contributed by atoms with Crippen molar-refractivity contribution in [3.05, 3.63) is 146 Å². The number of aromatic hydroxyl groups is 3. The second kappa shape index (κ2) is 49.3. The molecule has 2 saturated heterocycles. The number of ether oxygens (including phenoxy) is 8. The van der Waals surface area contributed by atoms with Gasteiger partial charge in [0.25, 0.3) is 0 Å². The third kappa shape index (κ3) is 27.4. The molecule has 0 spiro atoms. The Bertz CT molecular complexity index is 5610. The number of fused-ring (bicyclic) bond motifs is 15. The van der Waals surface area contributed by atoms with E-state index in [1.54, 1.807) is 27.7 Å². The number of aliphatic hydroxyl groups is 6. The molecule has 23 N–H and O–H groups in total. The van der Waals surface area contributed by atoms with E-state index in [0.29, 0.717) is 19.4 Å². The van der Waals surface area contributed by atoms with Crippen LogP contribution in [0.3, 0.4) is 0 Å². The number of aldehydes is 2. The molecule has 0 radical (unpaired) electrons. The first kappa shape index (κ1) is 110. The Kier molecular flexibility index (Phi) is 38.3. The first-order valence-electron chi connectivity index (χ1n) is 45.8. The lowest BCUT2D eigenvalue weighted by molar-refractivity contribution is -0.334. The van der Waals surface area contributed by atoms with E-state index in [4.69, 9.17) is 66.8 Å². The van der Waals surface area contributed by atoms with Gasteiger partial charge in [0.05, 0.1) is 47.4 Å². The van der Waals surface area contributed by atoms with Crippen LogP contribution in [0.4, 0.5) is 4.79 Å². The summed E-state index contributed by atoms with van der Waals surface area (Å²) in [6, 6.07) is 1.72. The molecule has 19 unspecified atom stereocenters. The Morgan fingerprint density at radius 2 is 1.34 bits per heavy atom. The summed E-state index contributed by atoms with van der Waals surface area (Å²) >= 11 is 14.5. The van der Waals surface area contributed by atoms with Gasteiger partial charge < -0.3 is 162 Å². The number of nitrogens with one attached hydrogen (secondary N) is 9. The lowest BCUT2D eigenvalue weighted by Crippen LogP contribution is -2.65. The number of amides is 8. The summed E-state index contributed by atoms with van der Waals surface area (Å²) in [6.45, 7) is 7.66. The molecule has 47 heteroatoms. The van der Waals surface area contributed by atoms with Gasteiger partial charge in [0.15, 0.2) is 29.9 Å². The van der Waals surface area contributed by atoms with Crippen molar-refractivity contribution >= 4 is 103 Å². The van der Waals surface area contributed by atoms with Gasteiger partial charge in [-0.2, -0.15) is 0 Å². The molecule has 141 heavy (non-hydrogen) atoms. The van der Waals surface area contributed by atoms with E-state index >= 15 is 28.8 Å². The van der Waals surface area contributed by atoms with Gasteiger partial charge in [-0.15, -0.1) is 0 Å². The summed E-state index contributed by atoms with van der Waals surface area (Å²) in [7, 11) is -3.82. The number of carboxylic acid groups (broad SMARTS) is 1. The molecular formula is C94H118Cl2N11O33P. The van der Waals surface area contributed by atoms with E-state index in [1.165, 1.54) is 43.5 Å². The van der Waals surface area contributed by atoms with Crippen LogP contribution in [0.1, 0.15) is 187 Å². The molecule has 7 aliphatic rings. The number of benzene rings is 6. The minimum absolute atomic E-state index is 0.00663. The van der Waals surface area contributed by atoms with Gasteiger partial charge in [0, 0.05) is 67.3 Å². The third-order valence-corrected chi connectivity index (χ3v) is 26.6. The topological polar surface area (TPSA) is 676 Å². The van der Waals surface area contributed by atoms with Crippen molar-refractivity contribution in [2.45, 2.75) is 246 Å². The first-order chi connectivity index (χ1) is 67.0. The quantitative estimate of drug-likeness (QED) is 0.00847. The maximum Gasteiger partial charge on any atom is 0.410 e. The van der Waals surface area contributed by atoms with Crippen LogP contribution in [0.25, 0.3) is 11.1 Å². The smallest absolute Gasteiger partial charge is 0.410 e. The fourth-order valence-corrected chi connectivity index (χ4v) is 18.1. The number of hydrogen-bond acceptors (Lipinski definition) is 33. The van der Waals surface area contributed by atoms with E-state index in [2.05, 4.69) is 54.8 Å². The van der Waals surface area contributed by atoms with Gasteiger partial charge in [0.2, 0.25) is 53.4 Å². The summed E-state index contributed by atoms with van der Waals surface area (Å²) in [6.07, 6.45) is -13.0. The lowest BCUT2D eigenvalue weighted by atomic mass is 9.85. The number of hydrogen-bond donors (Lipinski definition) is 22. The fraction of sp³-hybridized carbons (Fsp3) is 0.489. The maximum absolute atomic E-state index is 16.6. The molecule has 0 aromatic heterocycles. The monoisotopic (exact) mass is 2030 g/mol. The Labute approximate surface area is 818 Å². The summed E-state index contributed by atoms with van der Waals surface area (Å²) < 4.78 is 62.5. The Hall–Kier alpha value is -11.8. The number of rotatable bonds is 38. The van der Waals surface area contributed by atoms with E-state index in [0.717, 1.165) is 123 Å². The molecule has 2 fully saturated rings. The van der Waals surface area contributed by atoms with Gasteiger partial charge in [-0.05, 0) is 128 Å². The molecule has 766 valence electrons. The molecule has 0 saturated carbocycles. The van der Waals surface area contributed by atoms with Crippen molar-refractivity contribution in [2.75, 3.05) is 39.8 Å². The van der Waals surface area contributed by atoms with Crippen LogP contribution < -0.4 is 72.5 Å². The minimum atomic E-state index is -4.94. The highest BCUT2D eigenvalue weighted by molar-refractivity contribution is 7.53. The molecule has 0 aliphatic carbocycles. The Balaban J connectivity index is 1.05. The van der Waals surface area contributed by atoms with Gasteiger partial charge in [0.1, 0.15) is 126 Å². The van der Waals surface area contributed by atoms with Crippen LogP contribution in [0, 0.1) is 5.92 Å². The predicted molar refractivity (Wildman–Crippen MR) is 498 cm³/mol. The molecule has 7 aliphatic heterocycles. The molecule has 7 heterocycles. The number of phenolic OH excluding ortho intramolecular Hbond substituents is 3. The highest BCUT2D eigenvalue weighted by Crippen LogP contribution is 2.52. The first-order valence-corrected chi connectivity index (χ1v) is 48.2. The van der Waals surface area contributed by atoms with Crippen molar-refractivity contribution in [1.29, 1.82) is 0 Å². The van der Waals surface area contributed by atoms with E-state index in [-0.39, 0.29) is 48.1 Å². The zero-order valence-electron chi connectivity index (χ0n) is 77.7. The molecule has 11 bridgehead atoms. The largest absolute Gasteiger partial charge is 0.507 e. The van der Waals surface area contributed by atoms with Crippen molar-refractivity contribution in [3.8, 4) is 62.9 Å². The molecule has 6 aromatic rings. The highest BCUT2D eigenvalue weighted by Gasteiger charge is 2.53. The van der Waals surface area contributed by atoms with Gasteiger partial charge in [-0.1, -0.05) is 125 Å². The number of phenols is 3. The number of carboxylic acids is 1. The second-order valence-corrected chi connectivity index (χ2v) is 38.2. The summed E-state index contributed by atoms with van der Waals surface area (Å²) in [4.78, 5) is 192. The number of aliphatic hydroxyl groups excluding tert-OH is 6. The maximum atomic E-state index is 16.6. The average Bonchev–Trinajstić information content (AvgIpc) is 0.755. The number of primary amides is 1. The molecule has 13 rings (SSSR count). The Morgan fingerprint density at radius 3 is 1.96 bits per heavy atom. The summed E-state index contributed by atoms with van der Waals surface area (Å²) in [5.74, 6) is -19.5. The van der Waals surface area contributed by atoms with E-state index in [9.17, 15) is 94.2 Å². The molecule has 19 atom stereocenters. The predicted octanol–water partition coefficient (Wildman–Crippen LogP) is 4.24. The number of nitrogens with two attached hydrogens (primary N) is 1. The van der Waals surface area contributed by atoms with Crippen LogP contribution in [0.15, 0.2) is 97.1 Å². The van der Waals surface area contributed by atoms with Crippen molar-refractivity contribution in [3.63, 3.8) is 0 Å². The van der Waals surface area contributed by atoms with Gasteiger partial charge in [-0.3, -0.25) is 47.8 Å². The number of esters is 1. The normalized spacial score (nSPS) is 24.6. The molecular weight excluding hydrogens is 1910 g/mol. The minimum Gasteiger partial charge on any atom is -0.507 e. The number of unbranched alkanes of at least 4 members (excludes halogenated alkanes) is 7. The zero-order valence-corrected chi connectivity index (χ0v) is 80.1. The van der Waals surface area contributed by atoms with E-state index in [1.807, 2.05) is 0 Å². The fourth-order valence-electron chi connectivity index (χ4n) is 17.0.